The number of benzene rings is 2. The Bertz CT molecular complexity index is 909. The molecular formula is C18H12FI2NO3S. The molecule has 1 aliphatic rings. The maximum absolute atomic E-state index is 13.7. The number of rotatable bonds is 4. The van der Waals surface area contributed by atoms with E-state index in [1.54, 1.807) is 24.3 Å². The van der Waals surface area contributed by atoms with Crippen molar-refractivity contribution >= 4 is 74.2 Å². The summed E-state index contributed by atoms with van der Waals surface area (Å²) >= 11 is 5.20. The topological polar surface area (TPSA) is 46.6 Å². The number of imide groups is 1. The number of nitrogens with zero attached hydrogens (tertiary/aromatic N) is 1. The second-order valence-electron chi connectivity index (χ2n) is 5.43. The Labute approximate surface area is 181 Å². The molecule has 134 valence electrons. The van der Waals surface area contributed by atoms with Gasteiger partial charge in [-0.05, 0) is 86.8 Å². The number of carbonyl (C=O) groups is 2. The first-order valence-corrected chi connectivity index (χ1v) is 10.4. The lowest BCUT2D eigenvalue weighted by Gasteiger charge is -2.12. The van der Waals surface area contributed by atoms with Crippen LogP contribution in [0.1, 0.15) is 11.1 Å². The number of likely N-dealkylation sites (N-methyl/N-ethyl adjacent to an activating group) is 1. The average Bonchev–Trinajstić information content (AvgIpc) is 2.82. The third-order valence-corrected chi connectivity index (χ3v) is 6.20. The van der Waals surface area contributed by atoms with Crippen LogP contribution in [0.25, 0.3) is 6.08 Å². The van der Waals surface area contributed by atoms with E-state index in [2.05, 4.69) is 45.2 Å². The van der Waals surface area contributed by atoms with Gasteiger partial charge in [-0.3, -0.25) is 14.5 Å². The Morgan fingerprint density at radius 1 is 1.19 bits per heavy atom. The Hall–Kier alpha value is -1.14. The highest BCUT2D eigenvalue weighted by Gasteiger charge is 2.31. The SMILES string of the molecule is CN1C(=O)S/C(=C\c2cc(I)c(OCc3ccccc3F)c(I)c2)C1=O. The van der Waals surface area contributed by atoms with Crippen LogP contribution in [0.4, 0.5) is 9.18 Å². The number of halogens is 3. The van der Waals surface area contributed by atoms with Gasteiger partial charge in [-0.2, -0.15) is 0 Å². The number of amides is 2. The molecule has 1 fully saturated rings. The van der Waals surface area contributed by atoms with Crippen LogP contribution in [-0.2, 0) is 11.4 Å². The summed E-state index contributed by atoms with van der Waals surface area (Å²) in [6, 6.07) is 10.2. The molecule has 4 nitrogen and oxygen atoms in total. The molecule has 2 amide bonds. The zero-order valence-corrected chi connectivity index (χ0v) is 18.6. The van der Waals surface area contributed by atoms with Crippen LogP contribution in [0.3, 0.4) is 0 Å². The molecule has 0 spiro atoms. The van der Waals surface area contributed by atoms with E-state index in [1.165, 1.54) is 13.1 Å². The lowest BCUT2D eigenvalue weighted by Crippen LogP contribution is -2.22. The molecule has 0 bridgehead atoms. The van der Waals surface area contributed by atoms with Crippen LogP contribution < -0.4 is 4.74 Å². The predicted octanol–water partition coefficient (Wildman–Crippen LogP) is 5.28. The fourth-order valence-electron chi connectivity index (χ4n) is 2.26. The van der Waals surface area contributed by atoms with Gasteiger partial charge in [0.2, 0.25) is 0 Å². The molecule has 1 aliphatic heterocycles. The van der Waals surface area contributed by atoms with E-state index in [4.69, 9.17) is 4.74 Å². The molecule has 0 N–H and O–H groups in total. The van der Waals surface area contributed by atoms with E-state index in [0.717, 1.165) is 29.4 Å². The van der Waals surface area contributed by atoms with Crippen LogP contribution in [0.15, 0.2) is 41.3 Å². The van der Waals surface area contributed by atoms with Gasteiger partial charge < -0.3 is 4.74 Å². The highest BCUT2D eigenvalue weighted by Crippen LogP contribution is 2.34. The van der Waals surface area contributed by atoms with Crippen molar-refractivity contribution in [1.82, 2.24) is 4.90 Å². The highest BCUT2D eigenvalue weighted by molar-refractivity contribution is 14.1. The molecule has 26 heavy (non-hydrogen) atoms. The molecule has 0 saturated carbocycles. The van der Waals surface area contributed by atoms with E-state index < -0.39 is 0 Å². The second-order valence-corrected chi connectivity index (χ2v) is 8.75. The lowest BCUT2D eigenvalue weighted by atomic mass is 10.2. The molecule has 2 aromatic carbocycles. The molecule has 0 aliphatic carbocycles. The number of ether oxygens (including phenoxy) is 1. The molecule has 0 unspecified atom stereocenters. The minimum Gasteiger partial charge on any atom is -0.487 e. The fraction of sp³-hybridized carbons (Fsp3) is 0.111. The second kappa shape index (κ2) is 8.26. The largest absolute Gasteiger partial charge is 0.487 e. The Morgan fingerprint density at radius 2 is 1.85 bits per heavy atom. The maximum atomic E-state index is 13.7. The minimum atomic E-state index is -0.301. The average molecular weight is 595 g/mol. The number of hydrogen-bond donors (Lipinski definition) is 0. The molecule has 1 saturated heterocycles. The van der Waals surface area contributed by atoms with Gasteiger partial charge in [0.05, 0.1) is 12.0 Å². The monoisotopic (exact) mass is 595 g/mol. The first-order chi connectivity index (χ1) is 12.4. The summed E-state index contributed by atoms with van der Waals surface area (Å²) in [5.41, 5.74) is 1.29. The summed E-state index contributed by atoms with van der Waals surface area (Å²) < 4.78 is 21.2. The van der Waals surface area contributed by atoms with Gasteiger partial charge in [0.15, 0.2) is 0 Å². The van der Waals surface area contributed by atoms with Crippen molar-refractivity contribution in [3.8, 4) is 5.75 Å². The Balaban J connectivity index is 1.82. The minimum absolute atomic E-state index is 0.132. The quantitative estimate of drug-likeness (QED) is 0.357. The van der Waals surface area contributed by atoms with Crippen molar-refractivity contribution in [3.63, 3.8) is 0 Å². The zero-order chi connectivity index (χ0) is 18.8. The number of carbonyl (C=O) groups excluding carboxylic acids is 2. The van der Waals surface area contributed by atoms with Gasteiger partial charge >= 0.3 is 0 Å². The number of hydrogen-bond acceptors (Lipinski definition) is 4. The maximum Gasteiger partial charge on any atom is 0.293 e. The summed E-state index contributed by atoms with van der Waals surface area (Å²) in [6.07, 6.45) is 1.69. The van der Waals surface area contributed by atoms with Gasteiger partial charge in [-0.15, -0.1) is 0 Å². The molecule has 0 radical (unpaired) electrons. The Morgan fingerprint density at radius 3 is 2.42 bits per heavy atom. The third-order valence-electron chi connectivity index (χ3n) is 3.63. The first kappa shape index (κ1) is 19.6. The third kappa shape index (κ3) is 4.22. The summed E-state index contributed by atoms with van der Waals surface area (Å²) in [4.78, 5) is 25.1. The van der Waals surface area contributed by atoms with Gasteiger partial charge in [0.1, 0.15) is 18.2 Å². The fourth-order valence-corrected chi connectivity index (χ4v) is 5.22. The predicted molar refractivity (Wildman–Crippen MR) is 116 cm³/mol. The normalized spacial score (nSPS) is 15.8. The van der Waals surface area contributed by atoms with E-state index in [1.807, 2.05) is 12.1 Å². The van der Waals surface area contributed by atoms with Gasteiger partial charge in [-0.25, -0.2) is 4.39 Å². The molecule has 0 aromatic heterocycles. The van der Waals surface area contributed by atoms with Crippen LogP contribution in [0.2, 0.25) is 0 Å². The van der Waals surface area contributed by atoms with Gasteiger partial charge in [-0.1, -0.05) is 18.2 Å². The van der Waals surface area contributed by atoms with E-state index in [9.17, 15) is 14.0 Å². The molecular weight excluding hydrogens is 583 g/mol. The molecule has 2 aromatic rings. The number of thioether (sulfide) groups is 1. The zero-order valence-electron chi connectivity index (χ0n) is 13.5. The van der Waals surface area contributed by atoms with Crippen LogP contribution in [0, 0.1) is 13.0 Å². The van der Waals surface area contributed by atoms with Gasteiger partial charge in [0.25, 0.3) is 11.1 Å². The van der Waals surface area contributed by atoms with Crippen molar-refractivity contribution in [2.24, 2.45) is 0 Å². The van der Waals surface area contributed by atoms with Crippen LogP contribution >= 0.6 is 56.9 Å². The van der Waals surface area contributed by atoms with Crippen molar-refractivity contribution in [2.75, 3.05) is 7.05 Å². The van der Waals surface area contributed by atoms with Crippen molar-refractivity contribution < 1.29 is 18.7 Å². The van der Waals surface area contributed by atoms with E-state index in [-0.39, 0.29) is 23.6 Å². The van der Waals surface area contributed by atoms with Crippen molar-refractivity contribution in [3.05, 3.63) is 65.4 Å². The smallest absolute Gasteiger partial charge is 0.293 e. The van der Waals surface area contributed by atoms with Crippen LogP contribution in [-0.4, -0.2) is 23.1 Å². The van der Waals surface area contributed by atoms with Gasteiger partial charge in [0, 0.05) is 12.6 Å². The summed E-state index contributed by atoms with van der Waals surface area (Å²) in [5, 5.41) is -0.282. The standard InChI is InChI=1S/C18H12FI2NO3S/c1-22-17(23)15(26-18(22)24)8-10-6-13(20)16(14(21)7-10)25-9-11-4-2-3-5-12(11)19/h2-8H,9H2,1H3/b15-8-. The van der Waals surface area contributed by atoms with E-state index in [0.29, 0.717) is 16.2 Å². The Kier molecular flexibility index (Phi) is 6.23. The van der Waals surface area contributed by atoms with Crippen LogP contribution in [0.5, 0.6) is 5.75 Å². The first-order valence-electron chi connectivity index (χ1n) is 7.43. The summed E-state index contributed by atoms with van der Waals surface area (Å²) in [5.74, 6) is 0.0597. The lowest BCUT2D eigenvalue weighted by molar-refractivity contribution is -0.121. The molecule has 8 heteroatoms. The van der Waals surface area contributed by atoms with Crippen molar-refractivity contribution in [2.45, 2.75) is 6.61 Å². The molecule has 1 heterocycles. The molecule has 3 rings (SSSR count). The van der Waals surface area contributed by atoms with Crippen molar-refractivity contribution in [1.29, 1.82) is 0 Å². The summed E-state index contributed by atoms with van der Waals surface area (Å²) in [6.45, 7) is 0.132. The highest BCUT2D eigenvalue weighted by atomic mass is 127. The summed E-state index contributed by atoms with van der Waals surface area (Å²) in [7, 11) is 1.46. The molecule has 0 atom stereocenters. The van der Waals surface area contributed by atoms with E-state index >= 15 is 0 Å².